The number of hydrogen-bond donors (Lipinski definition) is 0. The molecule has 0 N–H and O–H groups in total. The largest absolute Gasteiger partial charge is 0.378 e. The van der Waals surface area contributed by atoms with Gasteiger partial charge in [-0.15, -0.1) is 0 Å². The van der Waals surface area contributed by atoms with Gasteiger partial charge < -0.3 is 14.5 Å². The Bertz CT molecular complexity index is 727. The fourth-order valence-corrected chi connectivity index (χ4v) is 3.27. The summed E-state index contributed by atoms with van der Waals surface area (Å²) in [4.78, 5) is 16.1. The SMILES string of the molecule is Cc1cc(N2CCCC2)c(F)cc1C=C(C#N)C(=O)N1CCOCC1. The summed E-state index contributed by atoms with van der Waals surface area (Å²) in [5.41, 5.74) is 2.05. The molecular formula is C19H22FN3O2. The number of benzene rings is 1. The minimum atomic E-state index is -0.325. The third-order valence-electron chi connectivity index (χ3n) is 4.73. The average Bonchev–Trinajstić information content (AvgIpc) is 3.16. The highest BCUT2D eigenvalue weighted by Crippen LogP contribution is 2.28. The van der Waals surface area contributed by atoms with Gasteiger partial charge in [-0.3, -0.25) is 4.79 Å². The molecule has 25 heavy (non-hydrogen) atoms. The highest BCUT2D eigenvalue weighted by Gasteiger charge is 2.22. The smallest absolute Gasteiger partial charge is 0.264 e. The molecule has 0 spiro atoms. The van der Waals surface area contributed by atoms with Crippen LogP contribution in [0, 0.1) is 24.1 Å². The van der Waals surface area contributed by atoms with Crippen molar-refractivity contribution in [2.75, 3.05) is 44.3 Å². The third kappa shape index (κ3) is 3.83. The van der Waals surface area contributed by atoms with Crippen molar-refractivity contribution in [1.29, 1.82) is 5.26 Å². The number of nitriles is 1. The number of carbonyl (C=O) groups is 1. The lowest BCUT2D eigenvalue weighted by Crippen LogP contribution is -2.41. The van der Waals surface area contributed by atoms with Crippen LogP contribution in [0.2, 0.25) is 0 Å². The van der Waals surface area contributed by atoms with Crippen molar-refractivity contribution in [2.24, 2.45) is 0 Å². The number of aryl methyl sites for hydroxylation is 1. The highest BCUT2D eigenvalue weighted by molar-refractivity contribution is 6.02. The number of morpholine rings is 1. The molecule has 1 amide bonds. The van der Waals surface area contributed by atoms with Gasteiger partial charge in [0.1, 0.15) is 17.5 Å². The highest BCUT2D eigenvalue weighted by atomic mass is 19.1. The maximum atomic E-state index is 14.5. The molecule has 2 heterocycles. The van der Waals surface area contributed by atoms with E-state index in [1.54, 1.807) is 11.0 Å². The van der Waals surface area contributed by atoms with Gasteiger partial charge in [-0.25, -0.2) is 4.39 Å². The van der Waals surface area contributed by atoms with Crippen molar-refractivity contribution in [2.45, 2.75) is 19.8 Å². The fourth-order valence-electron chi connectivity index (χ4n) is 3.27. The van der Waals surface area contributed by atoms with Gasteiger partial charge in [0.25, 0.3) is 5.91 Å². The first-order chi connectivity index (χ1) is 12.1. The summed E-state index contributed by atoms with van der Waals surface area (Å²) in [5.74, 6) is -0.635. The zero-order valence-electron chi connectivity index (χ0n) is 14.4. The first-order valence-corrected chi connectivity index (χ1v) is 8.64. The van der Waals surface area contributed by atoms with E-state index < -0.39 is 0 Å². The molecule has 2 fully saturated rings. The van der Waals surface area contributed by atoms with Crippen LogP contribution in [0.4, 0.5) is 10.1 Å². The molecule has 0 aromatic heterocycles. The normalized spacial score (nSPS) is 18.4. The molecule has 1 aromatic carbocycles. The number of rotatable bonds is 3. The molecular weight excluding hydrogens is 321 g/mol. The van der Waals surface area contributed by atoms with Crippen LogP contribution in [-0.2, 0) is 9.53 Å². The molecule has 0 aliphatic carbocycles. The van der Waals surface area contributed by atoms with E-state index in [4.69, 9.17) is 4.74 Å². The Morgan fingerprint density at radius 1 is 1.24 bits per heavy atom. The number of nitrogens with zero attached hydrogens (tertiary/aromatic N) is 3. The van der Waals surface area contributed by atoms with E-state index in [2.05, 4.69) is 0 Å². The molecule has 5 nitrogen and oxygen atoms in total. The standard InChI is InChI=1S/C19H22FN3O2/c1-14-10-18(22-4-2-3-5-22)17(20)12-15(14)11-16(13-21)19(24)23-6-8-25-9-7-23/h10-12H,2-9H2,1H3. The average molecular weight is 343 g/mol. The molecule has 1 aromatic rings. The van der Waals surface area contributed by atoms with Crippen LogP contribution in [0.1, 0.15) is 24.0 Å². The number of anilines is 1. The van der Waals surface area contributed by atoms with Crippen molar-refractivity contribution in [1.82, 2.24) is 4.90 Å². The fraction of sp³-hybridized carbons (Fsp3) is 0.474. The van der Waals surface area contributed by atoms with E-state index in [1.165, 1.54) is 12.1 Å². The Labute approximate surface area is 147 Å². The Balaban J connectivity index is 1.86. The topological polar surface area (TPSA) is 56.6 Å². The summed E-state index contributed by atoms with van der Waals surface area (Å²) in [6.07, 6.45) is 3.64. The van der Waals surface area contributed by atoms with Crippen molar-refractivity contribution >= 4 is 17.7 Å². The quantitative estimate of drug-likeness (QED) is 0.625. The second kappa shape index (κ2) is 7.66. The van der Waals surface area contributed by atoms with Crippen LogP contribution in [0.3, 0.4) is 0 Å². The minimum Gasteiger partial charge on any atom is -0.378 e. The van der Waals surface area contributed by atoms with Crippen molar-refractivity contribution in [3.63, 3.8) is 0 Å². The summed E-state index contributed by atoms with van der Waals surface area (Å²) in [5, 5.41) is 9.38. The van der Waals surface area contributed by atoms with Gasteiger partial charge in [-0.2, -0.15) is 5.26 Å². The maximum absolute atomic E-state index is 14.5. The second-order valence-corrected chi connectivity index (χ2v) is 6.43. The van der Waals surface area contributed by atoms with Crippen LogP contribution in [0.15, 0.2) is 17.7 Å². The zero-order chi connectivity index (χ0) is 17.8. The third-order valence-corrected chi connectivity index (χ3v) is 4.73. The Kier molecular flexibility index (Phi) is 5.34. The first kappa shape index (κ1) is 17.4. The molecule has 132 valence electrons. The number of halogens is 1. The summed E-state index contributed by atoms with van der Waals surface area (Å²) in [6, 6.07) is 5.19. The van der Waals surface area contributed by atoms with E-state index in [9.17, 15) is 14.4 Å². The number of carbonyl (C=O) groups excluding carboxylic acids is 1. The van der Waals surface area contributed by atoms with Gasteiger partial charge >= 0.3 is 0 Å². The monoisotopic (exact) mass is 343 g/mol. The predicted octanol–water partition coefficient (Wildman–Crippen LogP) is 2.50. The first-order valence-electron chi connectivity index (χ1n) is 8.64. The van der Waals surface area contributed by atoms with Gasteiger partial charge in [0.15, 0.2) is 0 Å². The molecule has 0 radical (unpaired) electrons. The molecule has 3 rings (SSSR count). The van der Waals surface area contributed by atoms with Gasteiger partial charge in [-0.1, -0.05) is 0 Å². The number of ether oxygens (including phenoxy) is 1. The van der Waals surface area contributed by atoms with Gasteiger partial charge in [0.05, 0.1) is 18.9 Å². The molecule has 2 saturated heterocycles. The van der Waals surface area contributed by atoms with Crippen LogP contribution >= 0.6 is 0 Å². The molecule has 0 saturated carbocycles. The second-order valence-electron chi connectivity index (χ2n) is 6.43. The van der Waals surface area contributed by atoms with E-state index in [1.807, 2.05) is 17.9 Å². The van der Waals surface area contributed by atoms with Crippen LogP contribution in [0.5, 0.6) is 0 Å². The van der Waals surface area contributed by atoms with Gasteiger partial charge in [0, 0.05) is 26.2 Å². The van der Waals surface area contributed by atoms with Crippen LogP contribution in [-0.4, -0.2) is 50.2 Å². The lowest BCUT2D eigenvalue weighted by Gasteiger charge is -2.26. The van der Waals surface area contributed by atoms with Crippen molar-refractivity contribution in [3.05, 3.63) is 34.6 Å². The van der Waals surface area contributed by atoms with Crippen LogP contribution in [0.25, 0.3) is 6.08 Å². The summed E-state index contributed by atoms with van der Waals surface area (Å²) >= 11 is 0. The molecule has 2 aliphatic heterocycles. The maximum Gasteiger partial charge on any atom is 0.264 e. The number of amides is 1. The Hall–Kier alpha value is -2.39. The van der Waals surface area contributed by atoms with E-state index >= 15 is 0 Å². The van der Waals surface area contributed by atoms with Gasteiger partial charge in [-0.05, 0) is 49.1 Å². The van der Waals surface area contributed by atoms with Crippen molar-refractivity contribution in [3.8, 4) is 6.07 Å². The molecule has 0 unspecified atom stereocenters. The Morgan fingerprint density at radius 2 is 1.92 bits per heavy atom. The summed E-state index contributed by atoms with van der Waals surface area (Å²) in [6.45, 7) is 5.50. The predicted molar refractivity (Wildman–Crippen MR) is 93.6 cm³/mol. The number of hydrogen-bond acceptors (Lipinski definition) is 4. The molecule has 6 heteroatoms. The van der Waals surface area contributed by atoms with Crippen molar-refractivity contribution < 1.29 is 13.9 Å². The minimum absolute atomic E-state index is 0.0262. The van der Waals surface area contributed by atoms with Gasteiger partial charge in [0.2, 0.25) is 0 Å². The lowest BCUT2D eigenvalue weighted by molar-refractivity contribution is -0.130. The van der Waals surface area contributed by atoms with E-state index in [0.717, 1.165) is 31.5 Å². The Morgan fingerprint density at radius 3 is 2.56 bits per heavy atom. The molecule has 0 atom stereocenters. The summed E-state index contributed by atoms with van der Waals surface area (Å²) < 4.78 is 19.8. The van der Waals surface area contributed by atoms with E-state index in [-0.39, 0.29) is 17.3 Å². The molecule has 0 bridgehead atoms. The molecule has 2 aliphatic rings. The lowest BCUT2D eigenvalue weighted by atomic mass is 10.0. The zero-order valence-corrected chi connectivity index (χ0v) is 14.4. The summed E-state index contributed by atoms with van der Waals surface area (Å²) in [7, 11) is 0. The van der Waals surface area contributed by atoms with E-state index in [0.29, 0.717) is 37.6 Å². The van der Waals surface area contributed by atoms with Crippen LogP contribution < -0.4 is 4.90 Å².